The van der Waals surface area contributed by atoms with Gasteiger partial charge in [0.25, 0.3) is 0 Å². The predicted molar refractivity (Wildman–Crippen MR) is 84.8 cm³/mol. The highest BCUT2D eigenvalue weighted by Crippen LogP contribution is 2.40. The van der Waals surface area contributed by atoms with Gasteiger partial charge in [-0.1, -0.05) is 22.9 Å². The lowest BCUT2D eigenvalue weighted by molar-refractivity contribution is -0.124. The van der Waals surface area contributed by atoms with Gasteiger partial charge in [-0.3, -0.25) is 4.79 Å². The molecule has 1 aromatic carbocycles. The fourth-order valence-electron chi connectivity index (χ4n) is 2.25. The number of ether oxygens (including phenoxy) is 1. The normalized spacial score (nSPS) is 23.0. The van der Waals surface area contributed by atoms with Gasteiger partial charge in [-0.25, -0.2) is 0 Å². The number of nitrogens with one attached hydrogen (secondary N) is 1. The molecule has 6 heteroatoms. The molecule has 0 saturated carbocycles. The number of thioether (sulfide) groups is 1. The molecule has 3 unspecified atom stereocenters. The van der Waals surface area contributed by atoms with Crippen LogP contribution in [0.5, 0.6) is 0 Å². The molecule has 4 nitrogen and oxygen atoms in total. The van der Waals surface area contributed by atoms with Gasteiger partial charge in [-0.05, 0) is 29.7 Å². The Balaban J connectivity index is 2.19. The Kier molecular flexibility index (Phi) is 5.49. The van der Waals surface area contributed by atoms with Crippen molar-refractivity contribution in [2.24, 2.45) is 11.7 Å². The molecular formula is C14H19BrN2O2S. The van der Waals surface area contributed by atoms with E-state index in [1.807, 2.05) is 17.8 Å². The molecule has 3 atom stereocenters. The van der Waals surface area contributed by atoms with E-state index in [4.69, 9.17) is 10.5 Å². The van der Waals surface area contributed by atoms with E-state index in [0.29, 0.717) is 5.92 Å². The molecule has 1 aliphatic heterocycles. The van der Waals surface area contributed by atoms with Crippen molar-refractivity contribution >= 4 is 33.6 Å². The second-order valence-corrected chi connectivity index (χ2v) is 7.00. The highest BCUT2D eigenvalue weighted by molar-refractivity contribution is 9.10. The standard InChI is InChI=1S/C14H19BrN2O2S/c1-8-7-20-12-4-3-9(15)5-10(12)13(8)17-14(18)11(16)6-19-2/h3-5,8,11,13H,6-7,16H2,1-2H3,(H,17,18). The Morgan fingerprint density at radius 3 is 3.10 bits per heavy atom. The lowest BCUT2D eigenvalue weighted by Crippen LogP contribution is -2.46. The molecule has 1 heterocycles. The van der Waals surface area contributed by atoms with E-state index in [0.717, 1.165) is 15.8 Å². The molecule has 1 aromatic rings. The zero-order valence-electron chi connectivity index (χ0n) is 11.6. The summed E-state index contributed by atoms with van der Waals surface area (Å²) in [6, 6.07) is 5.56. The van der Waals surface area contributed by atoms with Crippen molar-refractivity contribution in [1.82, 2.24) is 5.32 Å². The van der Waals surface area contributed by atoms with Crippen molar-refractivity contribution in [1.29, 1.82) is 0 Å². The summed E-state index contributed by atoms with van der Waals surface area (Å²) in [5, 5.41) is 3.06. The first kappa shape index (κ1) is 15.8. The number of fused-ring (bicyclic) bond motifs is 1. The Labute approximate surface area is 132 Å². The monoisotopic (exact) mass is 358 g/mol. The van der Waals surface area contributed by atoms with E-state index in [9.17, 15) is 4.79 Å². The molecule has 2 rings (SSSR count). The molecule has 0 radical (unpaired) electrons. The van der Waals surface area contributed by atoms with Gasteiger partial charge in [-0.15, -0.1) is 11.8 Å². The Morgan fingerprint density at radius 2 is 2.40 bits per heavy atom. The van der Waals surface area contributed by atoms with Crippen LogP contribution >= 0.6 is 27.7 Å². The van der Waals surface area contributed by atoms with Gasteiger partial charge in [0.1, 0.15) is 6.04 Å². The first-order chi connectivity index (χ1) is 9.52. The molecule has 1 amide bonds. The van der Waals surface area contributed by atoms with Gasteiger partial charge in [-0.2, -0.15) is 0 Å². The Morgan fingerprint density at radius 1 is 1.65 bits per heavy atom. The van der Waals surface area contributed by atoms with E-state index in [1.165, 1.54) is 4.90 Å². The Bertz CT molecular complexity index is 498. The molecule has 0 aliphatic carbocycles. The third-order valence-corrected chi connectivity index (χ3v) is 5.23. The smallest absolute Gasteiger partial charge is 0.239 e. The summed E-state index contributed by atoms with van der Waals surface area (Å²) >= 11 is 5.32. The van der Waals surface area contributed by atoms with E-state index < -0.39 is 6.04 Å². The van der Waals surface area contributed by atoms with Crippen LogP contribution in [-0.4, -0.2) is 31.4 Å². The van der Waals surface area contributed by atoms with Gasteiger partial charge >= 0.3 is 0 Å². The number of halogens is 1. The number of hydrogen-bond donors (Lipinski definition) is 2. The topological polar surface area (TPSA) is 64.3 Å². The van der Waals surface area contributed by atoms with Crippen LogP contribution in [0.15, 0.2) is 27.6 Å². The third kappa shape index (κ3) is 3.55. The van der Waals surface area contributed by atoms with Crippen LogP contribution in [-0.2, 0) is 9.53 Å². The third-order valence-electron chi connectivity index (χ3n) is 3.36. The van der Waals surface area contributed by atoms with Crippen LogP contribution in [0, 0.1) is 5.92 Å². The summed E-state index contributed by atoms with van der Waals surface area (Å²) in [6.45, 7) is 2.37. The molecule has 20 heavy (non-hydrogen) atoms. The minimum Gasteiger partial charge on any atom is -0.383 e. The molecule has 0 bridgehead atoms. The quantitative estimate of drug-likeness (QED) is 0.866. The highest BCUT2D eigenvalue weighted by atomic mass is 79.9. The second-order valence-electron chi connectivity index (χ2n) is 5.02. The fraction of sp³-hybridized carbons (Fsp3) is 0.500. The molecule has 3 N–H and O–H groups in total. The first-order valence-corrected chi connectivity index (χ1v) is 8.28. The summed E-state index contributed by atoms with van der Waals surface area (Å²) < 4.78 is 5.95. The van der Waals surface area contributed by atoms with E-state index >= 15 is 0 Å². The summed E-state index contributed by atoms with van der Waals surface area (Å²) in [7, 11) is 1.54. The summed E-state index contributed by atoms with van der Waals surface area (Å²) in [4.78, 5) is 13.3. The number of carbonyl (C=O) groups is 1. The summed E-state index contributed by atoms with van der Waals surface area (Å²) in [5.41, 5.74) is 6.94. The predicted octanol–water partition coefficient (Wildman–Crippen LogP) is 2.32. The average Bonchev–Trinajstić information content (AvgIpc) is 2.42. The summed E-state index contributed by atoms with van der Waals surface area (Å²) in [6.07, 6.45) is 0. The lowest BCUT2D eigenvalue weighted by Gasteiger charge is -2.32. The number of methoxy groups -OCH3 is 1. The van der Waals surface area contributed by atoms with Crippen LogP contribution in [0.1, 0.15) is 18.5 Å². The van der Waals surface area contributed by atoms with Crippen molar-refractivity contribution in [3.8, 4) is 0 Å². The molecule has 1 aliphatic rings. The number of hydrogen-bond acceptors (Lipinski definition) is 4. The number of benzene rings is 1. The fourth-order valence-corrected chi connectivity index (χ4v) is 3.78. The molecule has 0 fully saturated rings. The minimum absolute atomic E-state index is 0.000781. The molecule has 0 aromatic heterocycles. The number of amides is 1. The second kappa shape index (κ2) is 6.93. The zero-order valence-corrected chi connectivity index (χ0v) is 14.0. The maximum atomic E-state index is 12.1. The van der Waals surface area contributed by atoms with Crippen LogP contribution in [0.3, 0.4) is 0 Å². The lowest BCUT2D eigenvalue weighted by atomic mass is 9.95. The minimum atomic E-state index is -0.627. The van der Waals surface area contributed by atoms with Gasteiger partial charge in [0.05, 0.1) is 12.6 Å². The van der Waals surface area contributed by atoms with Gasteiger partial charge < -0.3 is 15.8 Å². The zero-order chi connectivity index (χ0) is 14.7. The van der Waals surface area contributed by atoms with E-state index in [-0.39, 0.29) is 18.6 Å². The van der Waals surface area contributed by atoms with Gasteiger partial charge in [0, 0.05) is 22.2 Å². The van der Waals surface area contributed by atoms with Crippen molar-refractivity contribution in [2.45, 2.75) is 23.9 Å². The van der Waals surface area contributed by atoms with Crippen molar-refractivity contribution in [3.05, 3.63) is 28.2 Å². The largest absolute Gasteiger partial charge is 0.383 e. The highest BCUT2D eigenvalue weighted by Gasteiger charge is 2.29. The van der Waals surface area contributed by atoms with Crippen LogP contribution < -0.4 is 11.1 Å². The summed E-state index contributed by atoms with van der Waals surface area (Å²) in [5.74, 6) is 1.18. The van der Waals surface area contributed by atoms with Gasteiger partial charge in [0.2, 0.25) is 5.91 Å². The average molecular weight is 359 g/mol. The van der Waals surface area contributed by atoms with Crippen LogP contribution in [0.4, 0.5) is 0 Å². The van der Waals surface area contributed by atoms with Crippen molar-refractivity contribution in [3.63, 3.8) is 0 Å². The SMILES string of the molecule is COCC(N)C(=O)NC1c2cc(Br)ccc2SCC1C. The maximum absolute atomic E-state index is 12.1. The Hall–Kier alpha value is -0.560. The van der Waals surface area contributed by atoms with Crippen molar-refractivity contribution in [2.75, 3.05) is 19.5 Å². The molecule has 0 spiro atoms. The van der Waals surface area contributed by atoms with E-state index in [1.54, 1.807) is 7.11 Å². The molecular weight excluding hydrogens is 340 g/mol. The van der Waals surface area contributed by atoms with Crippen LogP contribution in [0.2, 0.25) is 0 Å². The maximum Gasteiger partial charge on any atom is 0.239 e. The number of carbonyl (C=O) groups excluding carboxylic acids is 1. The van der Waals surface area contributed by atoms with Gasteiger partial charge in [0.15, 0.2) is 0 Å². The van der Waals surface area contributed by atoms with Crippen LogP contribution in [0.25, 0.3) is 0 Å². The van der Waals surface area contributed by atoms with Crippen molar-refractivity contribution < 1.29 is 9.53 Å². The van der Waals surface area contributed by atoms with E-state index in [2.05, 4.69) is 40.3 Å². The molecule has 0 saturated heterocycles. The molecule has 110 valence electrons. The number of rotatable bonds is 4. The number of nitrogens with two attached hydrogens (primary N) is 1. The first-order valence-electron chi connectivity index (χ1n) is 6.50.